The van der Waals surface area contributed by atoms with E-state index in [1.165, 1.54) is 11.4 Å². The van der Waals surface area contributed by atoms with Gasteiger partial charge in [0.05, 0.1) is 35.3 Å². The lowest BCUT2D eigenvalue weighted by Crippen LogP contribution is -2.48. The van der Waals surface area contributed by atoms with Crippen molar-refractivity contribution >= 4 is 27.5 Å². The molecule has 0 saturated heterocycles. The molecule has 3 aromatic rings. The van der Waals surface area contributed by atoms with Gasteiger partial charge in [0.15, 0.2) is 0 Å². The number of aliphatic hydroxyl groups excluding tert-OH is 1. The van der Waals surface area contributed by atoms with E-state index in [2.05, 4.69) is 5.32 Å². The number of nitrogens with one attached hydrogen (secondary N) is 1. The van der Waals surface area contributed by atoms with Crippen molar-refractivity contribution in [3.8, 4) is 5.75 Å². The number of carbonyl (C=O) groups is 2. The molecule has 2 amide bonds. The zero-order chi connectivity index (χ0) is 34.1. The number of hydrogen-bond acceptors (Lipinski definition) is 7. The van der Waals surface area contributed by atoms with Crippen LogP contribution in [0.4, 0.5) is 5.69 Å². The normalized spacial score (nSPS) is 20.5. The number of benzene rings is 3. The summed E-state index contributed by atoms with van der Waals surface area (Å²) in [6, 6.07) is 20.0. The van der Waals surface area contributed by atoms with Crippen molar-refractivity contribution in [1.29, 1.82) is 0 Å². The molecule has 0 aliphatic carbocycles. The topological polar surface area (TPSA) is 125 Å². The van der Waals surface area contributed by atoms with E-state index in [0.29, 0.717) is 30.0 Å². The molecule has 4 atom stereocenters. The molecule has 0 spiro atoms. The van der Waals surface area contributed by atoms with Crippen molar-refractivity contribution in [2.24, 2.45) is 5.92 Å². The van der Waals surface area contributed by atoms with Gasteiger partial charge in [-0.15, -0.1) is 0 Å². The fraction of sp³-hybridized carbons (Fsp3) is 0.444. The average molecular weight is 666 g/mol. The van der Waals surface area contributed by atoms with Crippen molar-refractivity contribution in [2.75, 3.05) is 38.7 Å². The number of amides is 2. The van der Waals surface area contributed by atoms with Crippen LogP contribution in [0, 0.1) is 12.8 Å². The van der Waals surface area contributed by atoms with E-state index >= 15 is 0 Å². The molecule has 0 bridgehead atoms. The second kappa shape index (κ2) is 16.4. The van der Waals surface area contributed by atoms with E-state index in [0.717, 1.165) is 18.4 Å². The minimum Gasteiger partial charge on any atom is -0.490 e. The molecule has 4 rings (SSSR count). The van der Waals surface area contributed by atoms with Crippen LogP contribution in [0.5, 0.6) is 5.75 Å². The minimum atomic E-state index is -3.79. The van der Waals surface area contributed by atoms with E-state index in [4.69, 9.17) is 9.47 Å². The van der Waals surface area contributed by atoms with Gasteiger partial charge in [-0.3, -0.25) is 9.59 Å². The van der Waals surface area contributed by atoms with E-state index < -0.39 is 22.2 Å². The lowest BCUT2D eigenvalue weighted by atomic mass is 10.0. The van der Waals surface area contributed by atoms with Crippen molar-refractivity contribution in [2.45, 2.75) is 70.1 Å². The highest BCUT2D eigenvalue weighted by atomic mass is 32.2. The second-order valence-electron chi connectivity index (χ2n) is 12.4. The SMILES string of the molecule is Cc1ccc(S(=O)(=O)N(C)C[C@H]2OCCCC[C@@H](C)Oc3ccc(NC(=O)c4ccccc4)cc3C(=O)N([C@H](C)CO)C[C@@H]2C)cc1. The monoisotopic (exact) mass is 665 g/mol. The first-order valence-electron chi connectivity index (χ1n) is 16.1. The van der Waals surface area contributed by atoms with E-state index in [-0.39, 0.29) is 54.0 Å². The molecule has 254 valence electrons. The molecule has 10 nitrogen and oxygen atoms in total. The van der Waals surface area contributed by atoms with Crippen molar-refractivity contribution in [1.82, 2.24) is 9.21 Å². The first-order valence-corrected chi connectivity index (χ1v) is 17.6. The molecule has 2 N–H and O–H groups in total. The highest BCUT2D eigenvalue weighted by Crippen LogP contribution is 2.29. The number of aryl methyl sites for hydroxylation is 1. The number of carbonyl (C=O) groups excluding carboxylic acids is 2. The summed E-state index contributed by atoms with van der Waals surface area (Å²) < 4.78 is 40.8. The summed E-state index contributed by atoms with van der Waals surface area (Å²) in [5.41, 5.74) is 2.12. The number of likely N-dealkylation sites (N-methyl/N-ethyl adjacent to an activating group) is 1. The number of sulfonamides is 1. The molecule has 0 fully saturated rings. The quantitative estimate of drug-likeness (QED) is 0.332. The Bertz CT molecular complexity index is 1600. The highest BCUT2D eigenvalue weighted by Gasteiger charge is 2.32. The summed E-state index contributed by atoms with van der Waals surface area (Å²) in [5.74, 6) is -0.618. The molecular formula is C36H47N3O7S. The summed E-state index contributed by atoms with van der Waals surface area (Å²) in [7, 11) is -2.25. The maximum absolute atomic E-state index is 14.3. The summed E-state index contributed by atoms with van der Waals surface area (Å²) in [4.78, 5) is 29.0. The van der Waals surface area contributed by atoms with Crippen LogP contribution in [0.3, 0.4) is 0 Å². The van der Waals surface area contributed by atoms with Crippen molar-refractivity contribution < 1.29 is 32.6 Å². The summed E-state index contributed by atoms with van der Waals surface area (Å²) >= 11 is 0. The zero-order valence-corrected chi connectivity index (χ0v) is 28.7. The summed E-state index contributed by atoms with van der Waals surface area (Å²) in [6.07, 6.45) is 1.52. The van der Waals surface area contributed by atoms with Gasteiger partial charge in [0.2, 0.25) is 10.0 Å². The lowest BCUT2D eigenvalue weighted by molar-refractivity contribution is -0.00834. The van der Waals surface area contributed by atoms with Crippen LogP contribution in [-0.4, -0.2) is 86.1 Å². The minimum absolute atomic E-state index is 0.0820. The smallest absolute Gasteiger partial charge is 0.258 e. The van der Waals surface area contributed by atoms with Gasteiger partial charge < -0.3 is 24.8 Å². The number of nitrogens with zero attached hydrogens (tertiary/aromatic N) is 2. The van der Waals surface area contributed by atoms with Gasteiger partial charge in [0, 0.05) is 43.9 Å². The maximum Gasteiger partial charge on any atom is 0.258 e. The second-order valence-corrected chi connectivity index (χ2v) is 14.5. The number of anilines is 1. The fourth-order valence-corrected chi connectivity index (χ4v) is 6.68. The van der Waals surface area contributed by atoms with Gasteiger partial charge >= 0.3 is 0 Å². The largest absolute Gasteiger partial charge is 0.490 e. The molecule has 0 unspecified atom stereocenters. The van der Waals surface area contributed by atoms with Gasteiger partial charge in [-0.1, -0.05) is 42.8 Å². The van der Waals surface area contributed by atoms with Crippen molar-refractivity contribution in [3.63, 3.8) is 0 Å². The number of ether oxygens (including phenoxy) is 2. The zero-order valence-electron chi connectivity index (χ0n) is 27.9. The summed E-state index contributed by atoms with van der Waals surface area (Å²) in [5, 5.41) is 13.1. The van der Waals surface area contributed by atoms with Gasteiger partial charge in [-0.25, -0.2) is 8.42 Å². The number of hydrogen-bond donors (Lipinski definition) is 2. The number of fused-ring (bicyclic) bond motifs is 1. The van der Waals surface area contributed by atoms with E-state index in [9.17, 15) is 23.1 Å². The van der Waals surface area contributed by atoms with E-state index in [1.807, 2.05) is 26.8 Å². The van der Waals surface area contributed by atoms with Crippen molar-refractivity contribution in [3.05, 3.63) is 89.5 Å². The fourth-order valence-electron chi connectivity index (χ4n) is 5.50. The predicted molar refractivity (Wildman–Crippen MR) is 182 cm³/mol. The van der Waals surface area contributed by atoms with Gasteiger partial charge in [0.25, 0.3) is 11.8 Å². The lowest BCUT2D eigenvalue weighted by Gasteiger charge is -2.35. The van der Waals surface area contributed by atoms with Crippen LogP contribution < -0.4 is 10.1 Å². The Morgan fingerprint density at radius 3 is 2.45 bits per heavy atom. The van der Waals surface area contributed by atoms with Crippen LogP contribution in [0.15, 0.2) is 77.7 Å². The van der Waals surface area contributed by atoms with Gasteiger partial charge in [-0.05, 0) is 82.5 Å². The van der Waals surface area contributed by atoms with Crippen LogP contribution in [0.1, 0.15) is 66.3 Å². The molecule has 11 heteroatoms. The average Bonchev–Trinajstić information content (AvgIpc) is 3.06. The molecule has 1 heterocycles. The molecule has 47 heavy (non-hydrogen) atoms. The first kappa shape index (κ1) is 36.1. The predicted octanol–water partition coefficient (Wildman–Crippen LogP) is 5.36. The number of aliphatic hydroxyl groups is 1. The van der Waals surface area contributed by atoms with Gasteiger partial charge in [-0.2, -0.15) is 4.31 Å². The Kier molecular flexibility index (Phi) is 12.6. The Morgan fingerprint density at radius 1 is 1.06 bits per heavy atom. The molecule has 0 radical (unpaired) electrons. The van der Waals surface area contributed by atoms with Crippen LogP contribution >= 0.6 is 0 Å². The van der Waals surface area contributed by atoms with Crippen LogP contribution in [0.25, 0.3) is 0 Å². The third-order valence-corrected chi connectivity index (χ3v) is 10.3. The molecule has 3 aromatic carbocycles. The molecular weight excluding hydrogens is 618 g/mol. The third-order valence-electron chi connectivity index (χ3n) is 8.51. The Morgan fingerprint density at radius 2 is 1.77 bits per heavy atom. The Balaban J connectivity index is 1.65. The third kappa shape index (κ3) is 9.41. The van der Waals surface area contributed by atoms with Crippen LogP contribution in [0.2, 0.25) is 0 Å². The molecule has 1 aliphatic heterocycles. The van der Waals surface area contributed by atoms with E-state index in [1.54, 1.807) is 78.6 Å². The molecule has 0 saturated carbocycles. The summed E-state index contributed by atoms with van der Waals surface area (Å²) in [6.45, 7) is 7.91. The number of rotatable bonds is 8. The Hall–Kier alpha value is -3.77. The first-order chi connectivity index (χ1) is 22.4. The highest BCUT2D eigenvalue weighted by molar-refractivity contribution is 7.89. The molecule has 1 aliphatic rings. The Labute approximate surface area is 278 Å². The van der Waals surface area contributed by atoms with Gasteiger partial charge in [0.1, 0.15) is 5.75 Å². The maximum atomic E-state index is 14.3. The van der Waals surface area contributed by atoms with Crippen LogP contribution in [-0.2, 0) is 14.8 Å². The molecule has 0 aromatic heterocycles. The standard InChI is InChI=1S/C36H47N3O7S/c1-25-14-17-31(18-15-25)47(43,44)38(5)23-34-26(2)22-39(27(3)24-40)36(42)32-21-30(37-35(41)29-12-7-6-8-13-29)16-19-33(32)46-28(4)11-9-10-20-45-34/h6-8,12-19,21,26-28,34,40H,9-11,20,22-24H2,1-5H3,(H,37,41)/t26-,27+,28+,34+/m0/s1.